The van der Waals surface area contributed by atoms with Gasteiger partial charge in [-0.05, 0) is 54.8 Å². The smallest absolute Gasteiger partial charge is 0.236 e. The molecule has 2 saturated heterocycles. The Kier molecular flexibility index (Phi) is 6.16. The number of benzene rings is 2. The molecule has 2 amide bonds. The lowest BCUT2D eigenvalue weighted by Crippen LogP contribution is -2.67. The number of methoxy groups -OCH3 is 2. The molecule has 1 spiro atoms. The average molecular weight is 472 g/mol. The number of aromatic nitrogens is 1. The number of rotatable bonds is 6. The van der Waals surface area contributed by atoms with Gasteiger partial charge < -0.3 is 19.3 Å². The molecule has 2 aliphatic heterocycles. The maximum atomic E-state index is 13.6. The Hall–Kier alpha value is -3.87. The van der Waals surface area contributed by atoms with E-state index < -0.39 is 5.41 Å². The second-order valence-electron chi connectivity index (χ2n) is 9.10. The highest BCUT2D eigenvalue weighted by Gasteiger charge is 2.62. The highest BCUT2D eigenvalue weighted by atomic mass is 16.5. The van der Waals surface area contributed by atoms with E-state index in [0.717, 1.165) is 16.9 Å². The Bertz CT molecular complexity index is 1190. The van der Waals surface area contributed by atoms with Crippen LogP contribution in [0.2, 0.25) is 0 Å². The molecule has 5 rings (SSSR count). The summed E-state index contributed by atoms with van der Waals surface area (Å²) in [7, 11) is 3.19. The molecule has 1 unspecified atom stereocenters. The first-order valence-electron chi connectivity index (χ1n) is 11.8. The molecule has 0 bridgehead atoms. The minimum absolute atomic E-state index is 0.0382. The van der Waals surface area contributed by atoms with Gasteiger partial charge in [0.25, 0.3) is 0 Å². The van der Waals surface area contributed by atoms with Gasteiger partial charge in [0, 0.05) is 31.0 Å². The molecule has 3 heterocycles. The van der Waals surface area contributed by atoms with E-state index in [1.807, 2.05) is 70.5 Å². The number of piperidine rings is 1. The topological polar surface area (TPSA) is 72.0 Å². The van der Waals surface area contributed by atoms with Crippen LogP contribution in [0.4, 0.5) is 5.69 Å². The fourth-order valence-electron chi connectivity index (χ4n) is 5.36. The maximum Gasteiger partial charge on any atom is 0.236 e. The number of anilines is 1. The summed E-state index contributed by atoms with van der Waals surface area (Å²) in [5.74, 6) is 1.47. The zero-order chi connectivity index (χ0) is 24.4. The summed E-state index contributed by atoms with van der Waals surface area (Å²) in [6, 6.07) is 21.0. The van der Waals surface area contributed by atoms with Crippen LogP contribution in [-0.2, 0) is 16.0 Å². The monoisotopic (exact) mass is 471 g/mol. The molecule has 7 nitrogen and oxygen atoms in total. The molecule has 35 heavy (non-hydrogen) atoms. The molecule has 1 atom stereocenters. The standard InChI is InChI=1S/C28H29N3O4/c1-34-22-16-20(17-23(19-22)35-2)18-25(32)30-14-11-28(12-15-30)26(24-10-6-7-13-29-24)31(27(28)33)21-8-4-3-5-9-21/h3-10,13,16-17,19,26H,11-12,14-15,18H2,1-2H3. The number of carbonyl (C=O) groups excluding carboxylic acids is 2. The molecule has 2 aromatic carbocycles. The van der Waals surface area contributed by atoms with Gasteiger partial charge >= 0.3 is 0 Å². The lowest BCUT2D eigenvalue weighted by molar-refractivity contribution is -0.149. The predicted octanol–water partition coefficient (Wildman–Crippen LogP) is 4.04. The Balaban J connectivity index is 1.33. The number of ether oxygens (including phenoxy) is 2. The van der Waals surface area contributed by atoms with Gasteiger partial charge in [-0.15, -0.1) is 0 Å². The molecule has 0 N–H and O–H groups in total. The van der Waals surface area contributed by atoms with Crippen molar-refractivity contribution in [2.24, 2.45) is 5.41 Å². The van der Waals surface area contributed by atoms with Crippen molar-refractivity contribution in [3.63, 3.8) is 0 Å². The third-order valence-corrected chi connectivity index (χ3v) is 7.20. The molecule has 1 aromatic heterocycles. The van der Waals surface area contributed by atoms with E-state index in [0.29, 0.717) is 37.4 Å². The normalized spacial score (nSPS) is 18.8. The predicted molar refractivity (Wildman–Crippen MR) is 132 cm³/mol. The van der Waals surface area contributed by atoms with Gasteiger partial charge in [-0.25, -0.2) is 0 Å². The van der Waals surface area contributed by atoms with Crippen LogP contribution >= 0.6 is 0 Å². The van der Waals surface area contributed by atoms with Gasteiger partial charge in [0.2, 0.25) is 11.8 Å². The highest BCUT2D eigenvalue weighted by Crippen LogP contribution is 2.57. The van der Waals surface area contributed by atoms with Crippen molar-refractivity contribution in [3.05, 3.63) is 84.2 Å². The molecule has 0 aliphatic carbocycles. The van der Waals surface area contributed by atoms with E-state index in [-0.39, 0.29) is 24.3 Å². The molecule has 0 radical (unpaired) electrons. The molecule has 2 aliphatic rings. The first-order chi connectivity index (χ1) is 17.1. The van der Waals surface area contributed by atoms with Crippen molar-refractivity contribution in [1.29, 1.82) is 0 Å². The summed E-state index contributed by atoms with van der Waals surface area (Å²) in [5.41, 5.74) is 2.07. The molecule has 7 heteroatoms. The Morgan fingerprint density at radius 2 is 1.63 bits per heavy atom. The Morgan fingerprint density at radius 1 is 0.971 bits per heavy atom. The number of nitrogens with zero attached hydrogens (tertiary/aromatic N) is 3. The third kappa shape index (κ3) is 4.11. The van der Waals surface area contributed by atoms with Gasteiger partial charge in [0.1, 0.15) is 11.5 Å². The van der Waals surface area contributed by atoms with E-state index in [1.165, 1.54) is 0 Å². The van der Waals surface area contributed by atoms with Crippen molar-refractivity contribution >= 4 is 17.5 Å². The second-order valence-corrected chi connectivity index (χ2v) is 9.10. The van der Waals surface area contributed by atoms with Gasteiger partial charge in [-0.2, -0.15) is 0 Å². The number of amides is 2. The summed E-state index contributed by atoms with van der Waals surface area (Å²) < 4.78 is 10.7. The number of hydrogen-bond acceptors (Lipinski definition) is 5. The molecule has 0 saturated carbocycles. The maximum absolute atomic E-state index is 13.6. The second kappa shape index (κ2) is 9.41. The van der Waals surface area contributed by atoms with Crippen LogP contribution in [0.1, 0.15) is 30.1 Å². The van der Waals surface area contributed by atoms with Gasteiger partial charge in [0.05, 0.1) is 37.8 Å². The SMILES string of the molecule is COc1cc(CC(=O)N2CCC3(CC2)C(=O)N(c2ccccc2)C3c2ccccn2)cc(OC)c1. The zero-order valence-electron chi connectivity index (χ0n) is 20.0. The quantitative estimate of drug-likeness (QED) is 0.508. The first-order valence-corrected chi connectivity index (χ1v) is 11.8. The Labute approximate surface area is 205 Å². The fraction of sp³-hybridized carbons (Fsp3) is 0.321. The number of carbonyl (C=O) groups is 2. The van der Waals surface area contributed by atoms with E-state index in [2.05, 4.69) is 4.98 Å². The van der Waals surface area contributed by atoms with Crippen LogP contribution in [0.5, 0.6) is 11.5 Å². The number of β-lactam (4-membered cyclic amide) rings is 1. The van der Waals surface area contributed by atoms with Crippen LogP contribution in [0, 0.1) is 5.41 Å². The summed E-state index contributed by atoms with van der Waals surface area (Å²) in [4.78, 5) is 35.1. The van der Waals surface area contributed by atoms with Gasteiger partial charge in [-0.3, -0.25) is 14.6 Å². The Morgan fingerprint density at radius 3 is 2.23 bits per heavy atom. The average Bonchev–Trinajstić information content (AvgIpc) is 2.92. The zero-order valence-corrected chi connectivity index (χ0v) is 20.0. The van der Waals surface area contributed by atoms with Crippen LogP contribution in [0.25, 0.3) is 0 Å². The highest BCUT2D eigenvalue weighted by molar-refractivity contribution is 6.06. The van der Waals surface area contributed by atoms with E-state index in [4.69, 9.17) is 9.47 Å². The first kappa shape index (κ1) is 22.9. The molecule has 2 fully saturated rings. The van der Waals surface area contributed by atoms with Crippen molar-refractivity contribution in [3.8, 4) is 11.5 Å². The van der Waals surface area contributed by atoms with Crippen molar-refractivity contribution in [2.45, 2.75) is 25.3 Å². The van der Waals surface area contributed by atoms with Gasteiger partial charge in [-0.1, -0.05) is 24.3 Å². The third-order valence-electron chi connectivity index (χ3n) is 7.20. The summed E-state index contributed by atoms with van der Waals surface area (Å²) in [6.07, 6.45) is 3.26. The molecular weight excluding hydrogens is 442 g/mol. The minimum Gasteiger partial charge on any atom is -0.497 e. The molecular formula is C28H29N3O4. The van der Waals surface area contributed by atoms with Crippen molar-refractivity contribution in [2.75, 3.05) is 32.2 Å². The number of hydrogen-bond donors (Lipinski definition) is 0. The van der Waals surface area contributed by atoms with Crippen LogP contribution < -0.4 is 14.4 Å². The minimum atomic E-state index is -0.542. The van der Waals surface area contributed by atoms with Crippen LogP contribution in [0.15, 0.2) is 72.9 Å². The lowest BCUT2D eigenvalue weighted by Gasteiger charge is -2.58. The van der Waals surface area contributed by atoms with Crippen LogP contribution in [-0.4, -0.2) is 49.0 Å². The van der Waals surface area contributed by atoms with Crippen molar-refractivity contribution < 1.29 is 19.1 Å². The largest absolute Gasteiger partial charge is 0.497 e. The summed E-state index contributed by atoms with van der Waals surface area (Å²) in [5, 5.41) is 0. The number of likely N-dealkylation sites (tertiary alicyclic amines) is 1. The van der Waals surface area contributed by atoms with Gasteiger partial charge in [0.15, 0.2) is 0 Å². The van der Waals surface area contributed by atoms with Crippen molar-refractivity contribution in [1.82, 2.24) is 9.88 Å². The van der Waals surface area contributed by atoms with E-state index >= 15 is 0 Å². The fourth-order valence-corrected chi connectivity index (χ4v) is 5.36. The summed E-state index contributed by atoms with van der Waals surface area (Å²) in [6.45, 7) is 1.08. The summed E-state index contributed by atoms with van der Waals surface area (Å²) >= 11 is 0. The van der Waals surface area contributed by atoms with E-state index in [1.54, 1.807) is 26.5 Å². The lowest BCUT2D eigenvalue weighted by atomic mass is 9.63. The number of pyridine rings is 1. The van der Waals surface area contributed by atoms with Crippen LogP contribution in [0.3, 0.4) is 0 Å². The van der Waals surface area contributed by atoms with E-state index in [9.17, 15) is 9.59 Å². The molecule has 180 valence electrons. The molecule has 3 aromatic rings. The number of para-hydroxylation sites is 1.